The number of amides is 2. The SMILES string of the molecule is O=C(CC1=CCCCC1)NC[C@H]1CC(=O)N(CCc2ccccc2)C1. The Morgan fingerprint density at radius 3 is 2.80 bits per heavy atom. The third kappa shape index (κ3) is 5.45. The van der Waals surface area contributed by atoms with Crippen LogP contribution in [0.15, 0.2) is 42.0 Å². The minimum Gasteiger partial charge on any atom is -0.355 e. The van der Waals surface area contributed by atoms with Gasteiger partial charge in [-0.15, -0.1) is 0 Å². The third-order valence-corrected chi connectivity index (χ3v) is 5.17. The lowest BCUT2D eigenvalue weighted by molar-refractivity contribution is -0.127. The van der Waals surface area contributed by atoms with Crippen molar-refractivity contribution in [2.24, 2.45) is 5.92 Å². The molecule has 1 N–H and O–H groups in total. The molecule has 4 nitrogen and oxygen atoms in total. The van der Waals surface area contributed by atoms with Crippen molar-refractivity contribution < 1.29 is 9.59 Å². The topological polar surface area (TPSA) is 49.4 Å². The molecule has 4 heteroatoms. The molecule has 0 bridgehead atoms. The van der Waals surface area contributed by atoms with Crippen molar-refractivity contribution in [2.75, 3.05) is 19.6 Å². The van der Waals surface area contributed by atoms with Crippen LogP contribution in [0.3, 0.4) is 0 Å². The Hall–Kier alpha value is -2.10. The fraction of sp³-hybridized carbons (Fsp3) is 0.524. The van der Waals surface area contributed by atoms with E-state index in [0.29, 0.717) is 19.4 Å². The molecule has 0 radical (unpaired) electrons. The predicted octanol–water partition coefficient (Wildman–Crippen LogP) is 3.08. The number of nitrogens with zero attached hydrogens (tertiary/aromatic N) is 1. The van der Waals surface area contributed by atoms with E-state index in [0.717, 1.165) is 32.4 Å². The molecule has 1 heterocycles. The largest absolute Gasteiger partial charge is 0.355 e. The summed E-state index contributed by atoms with van der Waals surface area (Å²) in [4.78, 5) is 26.2. The third-order valence-electron chi connectivity index (χ3n) is 5.17. The van der Waals surface area contributed by atoms with Gasteiger partial charge in [-0.2, -0.15) is 0 Å². The fourth-order valence-electron chi connectivity index (χ4n) is 3.71. The van der Waals surface area contributed by atoms with Gasteiger partial charge in [-0.3, -0.25) is 9.59 Å². The fourth-order valence-corrected chi connectivity index (χ4v) is 3.71. The van der Waals surface area contributed by atoms with Crippen LogP contribution in [-0.2, 0) is 16.0 Å². The molecule has 2 amide bonds. The van der Waals surface area contributed by atoms with Crippen LogP contribution >= 0.6 is 0 Å². The maximum Gasteiger partial charge on any atom is 0.224 e. The first-order valence-corrected chi connectivity index (χ1v) is 9.47. The number of likely N-dealkylation sites (tertiary alicyclic amines) is 1. The number of nitrogens with one attached hydrogen (secondary N) is 1. The molecule has 1 fully saturated rings. The van der Waals surface area contributed by atoms with Crippen molar-refractivity contribution in [3.8, 4) is 0 Å². The van der Waals surface area contributed by atoms with E-state index in [-0.39, 0.29) is 17.7 Å². The molecule has 1 atom stereocenters. The molecular weight excluding hydrogens is 312 g/mol. The van der Waals surface area contributed by atoms with Gasteiger partial charge in [0.15, 0.2) is 0 Å². The number of hydrogen-bond donors (Lipinski definition) is 1. The van der Waals surface area contributed by atoms with Gasteiger partial charge in [0.25, 0.3) is 0 Å². The second-order valence-electron chi connectivity index (χ2n) is 7.23. The second kappa shape index (κ2) is 8.84. The number of carbonyl (C=O) groups is 2. The van der Waals surface area contributed by atoms with Crippen LogP contribution < -0.4 is 5.32 Å². The molecule has 25 heavy (non-hydrogen) atoms. The predicted molar refractivity (Wildman–Crippen MR) is 99.0 cm³/mol. The molecule has 2 aliphatic rings. The summed E-state index contributed by atoms with van der Waals surface area (Å²) in [6.07, 6.45) is 8.79. The van der Waals surface area contributed by atoms with Crippen molar-refractivity contribution in [1.29, 1.82) is 0 Å². The minimum atomic E-state index is 0.100. The van der Waals surface area contributed by atoms with E-state index in [4.69, 9.17) is 0 Å². The molecule has 1 saturated heterocycles. The summed E-state index contributed by atoms with van der Waals surface area (Å²) in [6.45, 7) is 2.13. The number of rotatable bonds is 7. The molecule has 0 spiro atoms. The van der Waals surface area contributed by atoms with E-state index >= 15 is 0 Å². The Morgan fingerprint density at radius 1 is 1.20 bits per heavy atom. The summed E-state index contributed by atoms with van der Waals surface area (Å²) in [5.74, 6) is 0.557. The standard InChI is InChI=1S/C21H28N2O2/c24-20(13-18-9-5-2-6-10-18)22-15-19-14-21(25)23(16-19)12-11-17-7-3-1-4-8-17/h1,3-4,7-9,19H,2,5-6,10-16H2,(H,22,24)/t19-/m1/s1. The van der Waals surface area contributed by atoms with Gasteiger partial charge in [-0.25, -0.2) is 0 Å². The maximum absolute atomic E-state index is 12.2. The van der Waals surface area contributed by atoms with E-state index in [1.54, 1.807) is 0 Å². The van der Waals surface area contributed by atoms with Crippen molar-refractivity contribution in [3.63, 3.8) is 0 Å². The smallest absolute Gasteiger partial charge is 0.224 e. The summed E-state index contributed by atoms with van der Waals surface area (Å²) in [5.41, 5.74) is 2.53. The van der Waals surface area contributed by atoms with Gasteiger partial charge in [-0.05, 0) is 37.7 Å². The number of hydrogen-bond acceptors (Lipinski definition) is 2. The highest BCUT2D eigenvalue weighted by Crippen LogP contribution is 2.20. The van der Waals surface area contributed by atoms with E-state index < -0.39 is 0 Å². The van der Waals surface area contributed by atoms with E-state index in [9.17, 15) is 9.59 Å². The Kier molecular flexibility index (Phi) is 6.26. The zero-order chi connectivity index (χ0) is 17.5. The molecule has 1 aromatic carbocycles. The van der Waals surface area contributed by atoms with Crippen LogP contribution in [0, 0.1) is 5.92 Å². The highest BCUT2D eigenvalue weighted by molar-refractivity contribution is 5.80. The highest BCUT2D eigenvalue weighted by Gasteiger charge is 2.29. The average molecular weight is 340 g/mol. The van der Waals surface area contributed by atoms with Gasteiger partial charge < -0.3 is 10.2 Å². The van der Waals surface area contributed by atoms with Crippen LogP contribution in [0.25, 0.3) is 0 Å². The summed E-state index contributed by atoms with van der Waals surface area (Å²) >= 11 is 0. The molecule has 134 valence electrons. The molecular formula is C21H28N2O2. The zero-order valence-electron chi connectivity index (χ0n) is 14.9. The first kappa shape index (κ1) is 17.7. The Balaban J connectivity index is 1.38. The van der Waals surface area contributed by atoms with Crippen molar-refractivity contribution in [3.05, 3.63) is 47.5 Å². The van der Waals surface area contributed by atoms with Gasteiger partial charge in [-0.1, -0.05) is 42.0 Å². The average Bonchev–Trinajstić information content (AvgIpc) is 3.00. The van der Waals surface area contributed by atoms with Crippen LogP contribution in [-0.4, -0.2) is 36.3 Å². The van der Waals surface area contributed by atoms with Crippen LogP contribution in [0.4, 0.5) is 0 Å². The second-order valence-corrected chi connectivity index (χ2v) is 7.23. The maximum atomic E-state index is 12.2. The van der Waals surface area contributed by atoms with Crippen LogP contribution in [0.2, 0.25) is 0 Å². The minimum absolute atomic E-state index is 0.100. The molecule has 0 saturated carbocycles. The van der Waals surface area contributed by atoms with Gasteiger partial charge >= 0.3 is 0 Å². The number of allylic oxidation sites excluding steroid dienone is 1. The molecule has 1 aliphatic heterocycles. The lowest BCUT2D eigenvalue weighted by atomic mass is 9.97. The molecule has 0 unspecified atom stereocenters. The van der Waals surface area contributed by atoms with Gasteiger partial charge in [0.05, 0.1) is 0 Å². The van der Waals surface area contributed by atoms with E-state index in [1.807, 2.05) is 23.1 Å². The lowest BCUT2D eigenvalue weighted by Gasteiger charge is -2.17. The quantitative estimate of drug-likeness (QED) is 0.776. The molecule has 3 rings (SSSR count). The van der Waals surface area contributed by atoms with Gasteiger partial charge in [0, 0.05) is 38.4 Å². The van der Waals surface area contributed by atoms with E-state index in [1.165, 1.54) is 24.0 Å². The first-order valence-electron chi connectivity index (χ1n) is 9.47. The van der Waals surface area contributed by atoms with Crippen molar-refractivity contribution in [1.82, 2.24) is 10.2 Å². The summed E-state index contributed by atoms with van der Waals surface area (Å²) in [7, 11) is 0. The number of carbonyl (C=O) groups excluding carboxylic acids is 2. The zero-order valence-corrected chi connectivity index (χ0v) is 14.9. The molecule has 1 aliphatic carbocycles. The molecule has 0 aromatic heterocycles. The van der Waals surface area contributed by atoms with Gasteiger partial charge in [0.1, 0.15) is 0 Å². The summed E-state index contributed by atoms with van der Waals surface area (Å²) < 4.78 is 0. The first-order chi connectivity index (χ1) is 12.2. The Morgan fingerprint density at radius 2 is 2.04 bits per heavy atom. The van der Waals surface area contributed by atoms with Gasteiger partial charge in [0.2, 0.25) is 11.8 Å². The normalized spacial score (nSPS) is 20.5. The Labute approximate surface area is 150 Å². The monoisotopic (exact) mass is 340 g/mol. The van der Waals surface area contributed by atoms with Crippen LogP contribution in [0.1, 0.15) is 44.1 Å². The Bertz CT molecular complexity index is 624. The molecule has 1 aromatic rings. The van der Waals surface area contributed by atoms with Crippen molar-refractivity contribution in [2.45, 2.75) is 44.9 Å². The summed E-state index contributed by atoms with van der Waals surface area (Å²) in [6, 6.07) is 10.3. The summed E-state index contributed by atoms with van der Waals surface area (Å²) in [5, 5.41) is 3.03. The van der Waals surface area contributed by atoms with E-state index in [2.05, 4.69) is 23.5 Å². The highest BCUT2D eigenvalue weighted by atomic mass is 16.2. The van der Waals surface area contributed by atoms with Crippen LogP contribution in [0.5, 0.6) is 0 Å². The van der Waals surface area contributed by atoms with Crippen molar-refractivity contribution >= 4 is 11.8 Å². The number of benzene rings is 1. The lowest BCUT2D eigenvalue weighted by Crippen LogP contribution is -2.32.